The molecule has 0 radical (unpaired) electrons. The summed E-state index contributed by atoms with van der Waals surface area (Å²) in [6.07, 6.45) is -6.23. The van der Waals surface area contributed by atoms with Gasteiger partial charge in [-0.1, -0.05) is 22.6 Å². The first-order valence-electron chi connectivity index (χ1n) is 2.91. The average molecular weight is 324 g/mol. The van der Waals surface area contributed by atoms with Crippen molar-refractivity contribution in [1.29, 1.82) is 0 Å². The third-order valence-electron chi connectivity index (χ3n) is 1.27. The monoisotopic (exact) mass is 324 g/mol. The van der Waals surface area contributed by atoms with E-state index in [9.17, 15) is 30.7 Å². The molecular weight excluding hydrogens is 320 g/mol. The molecule has 0 saturated heterocycles. The van der Waals surface area contributed by atoms with Gasteiger partial charge in [0.1, 0.15) is 0 Å². The molecule has 8 heteroatoms. The molecule has 1 unspecified atom stereocenters. The lowest BCUT2D eigenvalue weighted by atomic mass is 10.1. The van der Waals surface area contributed by atoms with E-state index in [0.29, 0.717) is 6.92 Å². The Morgan fingerprint density at radius 1 is 0.923 bits per heavy atom. The molecule has 0 fully saturated rings. The van der Waals surface area contributed by atoms with Crippen molar-refractivity contribution in [3.05, 3.63) is 0 Å². The molecule has 0 amide bonds. The maximum atomic E-state index is 12.3. The third-order valence-corrected chi connectivity index (χ3v) is 2.06. The Hall–Kier alpha value is 0.240. The van der Waals surface area contributed by atoms with E-state index in [4.69, 9.17) is 0 Å². The molecule has 80 valence electrons. The molecule has 0 heterocycles. The predicted octanol–water partition coefficient (Wildman–Crippen LogP) is 3.64. The first-order chi connectivity index (χ1) is 5.44. The summed E-state index contributed by atoms with van der Waals surface area (Å²) in [4.78, 5) is 0. The first kappa shape index (κ1) is 13.2. The first-order valence-corrected chi connectivity index (χ1v) is 4.15. The quantitative estimate of drug-likeness (QED) is 0.413. The van der Waals surface area contributed by atoms with E-state index in [0.717, 1.165) is 22.6 Å². The Morgan fingerprint density at radius 3 is 1.31 bits per heavy atom. The summed E-state index contributed by atoms with van der Waals surface area (Å²) < 4.78 is 81.1. The SMILES string of the molecule is CC(I)C(F)(F)C(F)(F)C(F)(F)F. The highest BCUT2D eigenvalue weighted by molar-refractivity contribution is 14.1. The largest absolute Gasteiger partial charge is 0.459 e. The molecule has 0 aromatic heterocycles. The molecule has 0 saturated carbocycles. The Balaban J connectivity index is 5.04. The normalized spacial score (nSPS) is 17.3. The van der Waals surface area contributed by atoms with E-state index in [1.807, 2.05) is 0 Å². The predicted molar refractivity (Wildman–Crippen MR) is 39.4 cm³/mol. The van der Waals surface area contributed by atoms with Crippen LogP contribution in [0.4, 0.5) is 30.7 Å². The lowest BCUT2D eigenvalue weighted by Gasteiger charge is -2.29. The summed E-state index contributed by atoms with van der Waals surface area (Å²) in [6.45, 7) is 0.584. The van der Waals surface area contributed by atoms with Crippen LogP contribution in [0.15, 0.2) is 0 Å². The smallest absolute Gasteiger partial charge is 0.198 e. The molecule has 0 N–H and O–H groups in total. The fourth-order valence-corrected chi connectivity index (χ4v) is 0.830. The lowest BCUT2D eigenvalue weighted by molar-refractivity contribution is -0.352. The second kappa shape index (κ2) is 3.43. The van der Waals surface area contributed by atoms with Gasteiger partial charge in [-0.3, -0.25) is 0 Å². The van der Waals surface area contributed by atoms with Crippen molar-refractivity contribution in [2.24, 2.45) is 0 Å². The zero-order valence-electron chi connectivity index (χ0n) is 6.10. The minimum atomic E-state index is -6.23. The highest BCUT2D eigenvalue weighted by atomic mass is 127. The molecule has 0 aliphatic heterocycles. The third kappa shape index (κ3) is 2.18. The number of hydrogen-bond donors (Lipinski definition) is 0. The summed E-state index contributed by atoms with van der Waals surface area (Å²) in [7, 11) is 0. The van der Waals surface area contributed by atoms with Crippen LogP contribution in [-0.4, -0.2) is 21.9 Å². The van der Waals surface area contributed by atoms with Crippen LogP contribution in [0.25, 0.3) is 0 Å². The topological polar surface area (TPSA) is 0 Å². The molecule has 1 atom stereocenters. The Labute approximate surface area is 82.6 Å². The van der Waals surface area contributed by atoms with Gasteiger partial charge in [0.2, 0.25) is 0 Å². The van der Waals surface area contributed by atoms with Gasteiger partial charge in [0.05, 0.1) is 3.92 Å². The highest BCUT2D eigenvalue weighted by Crippen LogP contribution is 2.49. The van der Waals surface area contributed by atoms with Crippen LogP contribution in [0.3, 0.4) is 0 Å². The zero-order chi connectivity index (χ0) is 11.1. The summed E-state index contributed by atoms with van der Waals surface area (Å²) in [5.74, 6) is -11.1. The Bertz CT molecular complexity index is 182. The zero-order valence-corrected chi connectivity index (χ0v) is 8.26. The van der Waals surface area contributed by atoms with Crippen LogP contribution in [0.2, 0.25) is 0 Å². The number of rotatable bonds is 2. The second-order valence-corrected chi connectivity index (χ2v) is 4.18. The van der Waals surface area contributed by atoms with E-state index < -0.39 is 21.9 Å². The van der Waals surface area contributed by atoms with Crippen molar-refractivity contribution in [2.45, 2.75) is 28.9 Å². The Morgan fingerprint density at radius 2 is 1.23 bits per heavy atom. The van der Waals surface area contributed by atoms with Crippen molar-refractivity contribution >= 4 is 22.6 Å². The summed E-state index contributed by atoms with van der Waals surface area (Å²) >= 11 is 0.820. The van der Waals surface area contributed by atoms with Gasteiger partial charge < -0.3 is 0 Å². The standard InChI is InChI=1S/C5H4F7I/c1-2(13)3(6,7)4(8,9)5(10,11)12/h2H,1H3. The molecule has 0 aromatic rings. The van der Waals surface area contributed by atoms with E-state index >= 15 is 0 Å². The van der Waals surface area contributed by atoms with Gasteiger partial charge in [0.15, 0.2) is 0 Å². The number of alkyl halides is 8. The van der Waals surface area contributed by atoms with Crippen molar-refractivity contribution in [3.8, 4) is 0 Å². The minimum Gasteiger partial charge on any atom is -0.198 e. The van der Waals surface area contributed by atoms with E-state index in [1.54, 1.807) is 0 Å². The highest BCUT2D eigenvalue weighted by Gasteiger charge is 2.74. The van der Waals surface area contributed by atoms with E-state index in [2.05, 4.69) is 0 Å². The number of hydrogen-bond acceptors (Lipinski definition) is 0. The number of halogens is 8. The maximum Gasteiger partial charge on any atom is 0.459 e. The van der Waals surface area contributed by atoms with Crippen molar-refractivity contribution in [1.82, 2.24) is 0 Å². The summed E-state index contributed by atoms with van der Waals surface area (Å²) in [5, 5.41) is 0. The Kier molecular flexibility index (Phi) is 3.49. The molecule has 0 rings (SSSR count). The molecule has 13 heavy (non-hydrogen) atoms. The maximum absolute atomic E-state index is 12.3. The van der Waals surface area contributed by atoms with Crippen LogP contribution < -0.4 is 0 Å². The van der Waals surface area contributed by atoms with Crippen molar-refractivity contribution in [3.63, 3.8) is 0 Å². The van der Waals surface area contributed by atoms with Crippen LogP contribution in [-0.2, 0) is 0 Å². The van der Waals surface area contributed by atoms with Crippen LogP contribution in [0, 0.1) is 0 Å². The van der Waals surface area contributed by atoms with Gasteiger partial charge in [0.25, 0.3) is 0 Å². The van der Waals surface area contributed by atoms with Gasteiger partial charge in [-0.25, -0.2) is 0 Å². The van der Waals surface area contributed by atoms with Gasteiger partial charge in [-0.05, 0) is 6.92 Å². The molecule has 0 spiro atoms. The molecule has 0 nitrogen and oxygen atoms in total. The minimum absolute atomic E-state index is 0.584. The molecule has 0 bridgehead atoms. The molecule has 0 aliphatic rings. The van der Waals surface area contributed by atoms with E-state index in [-0.39, 0.29) is 0 Å². The van der Waals surface area contributed by atoms with Crippen LogP contribution in [0.5, 0.6) is 0 Å². The van der Waals surface area contributed by atoms with Crippen molar-refractivity contribution in [2.75, 3.05) is 0 Å². The summed E-state index contributed by atoms with van der Waals surface area (Å²) in [5.41, 5.74) is 0. The van der Waals surface area contributed by atoms with Crippen molar-refractivity contribution < 1.29 is 30.7 Å². The lowest BCUT2D eigenvalue weighted by Crippen LogP contribution is -2.55. The van der Waals surface area contributed by atoms with Crippen LogP contribution in [0.1, 0.15) is 6.92 Å². The van der Waals surface area contributed by atoms with Gasteiger partial charge in [0, 0.05) is 0 Å². The average Bonchev–Trinajstić information content (AvgIpc) is 1.84. The van der Waals surface area contributed by atoms with Gasteiger partial charge in [-0.15, -0.1) is 0 Å². The fourth-order valence-electron chi connectivity index (χ4n) is 0.439. The molecule has 0 aliphatic carbocycles. The second-order valence-electron chi connectivity index (χ2n) is 2.31. The van der Waals surface area contributed by atoms with E-state index in [1.165, 1.54) is 0 Å². The fraction of sp³-hybridized carbons (Fsp3) is 1.00. The molecular formula is C5H4F7I. The molecule has 0 aromatic carbocycles. The summed E-state index contributed by atoms with van der Waals surface area (Å²) in [6, 6.07) is 0. The van der Waals surface area contributed by atoms with Crippen LogP contribution >= 0.6 is 22.6 Å². The van der Waals surface area contributed by atoms with Gasteiger partial charge >= 0.3 is 18.0 Å². The van der Waals surface area contributed by atoms with Gasteiger partial charge in [-0.2, -0.15) is 30.7 Å².